The molecule has 6 bridgehead atoms. The molecule has 79 heavy (non-hydrogen) atoms. The molecule has 2 saturated carbocycles. The first-order valence-corrected chi connectivity index (χ1v) is 31.1. The quantitative estimate of drug-likeness (QED) is 0.0438. The lowest BCUT2D eigenvalue weighted by Crippen LogP contribution is -2.49. The van der Waals surface area contributed by atoms with Crippen molar-refractivity contribution in [3.8, 4) is 63.6 Å². The third kappa shape index (κ3) is 10.7. The number of hydrogen-bond donors (Lipinski definition) is 8. The Morgan fingerprint density at radius 1 is 0.975 bits per heavy atom. The number of nitrogens with two attached hydrogens (primary N) is 1. The Morgan fingerprint density at radius 2 is 1.86 bits per heavy atom. The van der Waals surface area contributed by atoms with Gasteiger partial charge in [-0.25, -0.2) is 0 Å². The first-order chi connectivity index (χ1) is 38.5. The van der Waals surface area contributed by atoms with Crippen LogP contribution in [0.15, 0.2) is 53.8 Å². The van der Waals surface area contributed by atoms with E-state index in [4.69, 9.17) is 29.4 Å². The Bertz CT molecular complexity index is 3080. The molecule has 0 radical (unpaired) electrons. The number of phenols is 2. The van der Waals surface area contributed by atoms with E-state index in [1.807, 2.05) is 33.7 Å². The zero-order valence-corrected chi connectivity index (χ0v) is 46.9. The van der Waals surface area contributed by atoms with E-state index in [0.29, 0.717) is 84.1 Å². The van der Waals surface area contributed by atoms with Crippen molar-refractivity contribution in [3.05, 3.63) is 92.7 Å². The van der Waals surface area contributed by atoms with E-state index < -0.39 is 42.3 Å². The molecule has 3 aromatic rings. The van der Waals surface area contributed by atoms with Crippen LogP contribution in [0.4, 0.5) is 0 Å². The molecule has 6 aliphatic heterocycles. The summed E-state index contributed by atoms with van der Waals surface area (Å²) in [4.78, 5) is 13.2. The van der Waals surface area contributed by atoms with E-state index >= 15 is 0 Å². The highest BCUT2D eigenvalue weighted by Crippen LogP contribution is 2.64. The van der Waals surface area contributed by atoms with E-state index in [-0.39, 0.29) is 61.2 Å². The Balaban J connectivity index is 1.16. The molecular weight excluding hydrogens is 1040 g/mol. The van der Waals surface area contributed by atoms with Crippen molar-refractivity contribution in [1.82, 2.24) is 16.0 Å². The monoisotopic (exact) mass is 1110 g/mol. The maximum absolute atomic E-state index is 13.3. The molecule has 1 unspecified atom stereocenters. The number of allylic oxidation sites excluding steroid dienone is 3. The first kappa shape index (κ1) is 54.3. The first-order valence-electron chi connectivity index (χ1n) is 28.6. The van der Waals surface area contributed by atoms with Crippen molar-refractivity contribution in [3.63, 3.8) is 0 Å². The highest BCUT2D eigenvalue weighted by atomic mass is 33.1. The number of phenolic OH excluding ortho intramolecular Hbond substituents is 2. The van der Waals surface area contributed by atoms with Crippen molar-refractivity contribution in [2.24, 2.45) is 29.4 Å². The number of fused-ring (bicyclic) bond motifs is 10. The van der Waals surface area contributed by atoms with Crippen LogP contribution in [0.3, 0.4) is 0 Å². The van der Waals surface area contributed by atoms with Crippen LogP contribution >= 0.6 is 21.6 Å². The Kier molecular flexibility index (Phi) is 16.0. The zero-order valence-electron chi connectivity index (χ0n) is 45.2. The summed E-state index contributed by atoms with van der Waals surface area (Å²) in [6.07, 6.45) is 17.3. The standard InChI is InChI=1S/C63H74N4O10S2/c1-35(70)74-31-49-45-12-13-46-55-42(25-44(71)26-52(55)75-34-69)28-63-20-18-36(27-63)23-40-11-17-54(64)67-50(40)15-10-39-9-8-38(6-4-22-68)41(30-73-2)19-21-65-29-48-56(39)57(60(49)77-61(45)58(46)63)47-14-16-51-53(76-62(47)59(48)72)33-79-78-32-37-5-3-7-43(24-37)66-51/h11-14,16-17,25-26,36-39,41,43,49,51,53-54,60,65-69,71-72H,3-7,18-24,27-34,64H2,1-2H3/t36-,37-,38-,39+,41+,43+,49+,51+,53+,54?,60+,63-/m1/s1. The van der Waals surface area contributed by atoms with Crippen molar-refractivity contribution >= 4 is 33.6 Å². The van der Waals surface area contributed by atoms with Crippen LogP contribution in [-0.4, -0.2) is 103 Å². The SMILES string of the molecule is COC[C@@H]1CCNCc2c(O)c3c(c4c2[C@H](C#CC2=C(C=CC(N)N2)C[C@H]2CC[C@]5(Cc6cc(O)cc(OCO)c6-c6ccc7c(c65)O[C@H]4[C@H]7COC(C)=O)C2)C#C[C@H]1CCCO)C=C[C@@H]1N[C@H]2CCC[C@@H](CSSC[C@@H]1O3)C2. The summed E-state index contributed by atoms with van der Waals surface area (Å²) in [5, 5.41) is 56.3. The third-order valence-electron chi connectivity index (χ3n) is 18.3. The molecule has 1 saturated heterocycles. The number of ether oxygens (including phenoxy) is 5. The Hall–Kier alpha value is -5.27. The van der Waals surface area contributed by atoms with E-state index in [1.165, 1.54) is 19.8 Å². The maximum Gasteiger partial charge on any atom is 0.302 e. The largest absolute Gasteiger partial charge is 0.508 e. The van der Waals surface area contributed by atoms with E-state index in [0.717, 1.165) is 95.3 Å². The summed E-state index contributed by atoms with van der Waals surface area (Å²) < 4.78 is 33.2. The molecule has 3 aliphatic carbocycles. The lowest BCUT2D eigenvalue weighted by atomic mass is 9.65. The predicted octanol–water partition coefficient (Wildman–Crippen LogP) is 8.49. The molecule has 14 nitrogen and oxygen atoms in total. The Morgan fingerprint density at radius 3 is 2.71 bits per heavy atom. The molecule has 1 spiro atoms. The number of carbonyl (C=O) groups excluding carboxylic acids is 1. The Labute approximate surface area is 471 Å². The predicted molar refractivity (Wildman–Crippen MR) is 308 cm³/mol. The van der Waals surface area contributed by atoms with Gasteiger partial charge in [-0.05, 0) is 135 Å². The van der Waals surface area contributed by atoms with E-state index in [1.54, 1.807) is 13.2 Å². The summed E-state index contributed by atoms with van der Waals surface area (Å²) in [5.41, 5.74) is 15.3. The van der Waals surface area contributed by atoms with Gasteiger partial charge in [0.05, 0.1) is 30.4 Å². The van der Waals surface area contributed by atoms with Gasteiger partial charge in [0.25, 0.3) is 0 Å². The highest BCUT2D eigenvalue weighted by Gasteiger charge is 2.52. The van der Waals surface area contributed by atoms with Gasteiger partial charge in [-0.2, -0.15) is 0 Å². The number of aliphatic hydroxyl groups excluding tert-OH is 2. The van der Waals surface area contributed by atoms with Crippen molar-refractivity contribution in [1.29, 1.82) is 0 Å². The average molecular weight is 1110 g/mol. The van der Waals surface area contributed by atoms with Gasteiger partial charge >= 0.3 is 5.97 Å². The highest BCUT2D eigenvalue weighted by molar-refractivity contribution is 8.76. The lowest BCUT2D eigenvalue weighted by Gasteiger charge is -2.39. The number of aliphatic hydroxyl groups is 2. The normalized spacial score (nSPS) is 31.0. The number of hydrogen-bond acceptors (Lipinski definition) is 16. The second-order valence-electron chi connectivity index (χ2n) is 23.4. The van der Waals surface area contributed by atoms with Gasteiger partial charge in [-0.15, -0.1) is 0 Å². The van der Waals surface area contributed by atoms with Crippen molar-refractivity contribution in [2.75, 3.05) is 51.8 Å². The smallest absolute Gasteiger partial charge is 0.302 e. The number of benzene rings is 3. The molecule has 9 N–H and O–H groups in total. The molecule has 6 heterocycles. The van der Waals surface area contributed by atoms with Crippen LogP contribution in [0.2, 0.25) is 0 Å². The van der Waals surface area contributed by atoms with Gasteiger partial charge in [0.1, 0.15) is 42.0 Å². The molecule has 16 heteroatoms. The van der Waals surface area contributed by atoms with Crippen LogP contribution < -0.4 is 35.9 Å². The second kappa shape index (κ2) is 23.3. The number of rotatable bonds is 9. The summed E-state index contributed by atoms with van der Waals surface area (Å²) in [7, 11) is 5.46. The molecule has 0 aromatic heterocycles. The number of carbonyl (C=O) groups is 1. The molecule has 9 aliphatic rings. The minimum atomic E-state index is -0.818. The molecule has 0 amide bonds. The third-order valence-corrected chi connectivity index (χ3v) is 20.9. The fourth-order valence-electron chi connectivity index (χ4n) is 14.8. The van der Waals surface area contributed by atoms with Gasteiger partial charge in [0.15, 0.2) is 18.3 Å². The van der Waals surface area contributed by atoms with E-state index in [2.05, 4.69) is 70.0 Å². The van der Waals surface area contributed by atoms with Crippen LogP contribution in [0.5, 0.6) is 28.7 Å². The van der Waals surface area contributed by atoms with Crippen LogP contribution in [0.25, 0.3) is 17.2 Å². The van der Waals surface area contributed by atoms with Crippen molar-refractivity contribution in [2.45, 2.75) is 138 Å². The molecule has 12 atom stereocenters. The number of esters is 1. The van der Waals surface area contributed by atoms with Crippen LogP contribution in [0, 0.1) is 47.4 Å². The second-order valence-corrected chi connectivity index (χ2v) is 25.9. The maximum atomic E-state index is 13.3. The van der Waals surface area contributed by atoms with Gasteiger partial charge in [0, 0.05) is 95.5 Å². The van der Waals surface area contributed by atoms with Crippen LogP contribution in [0.1, 0.15) is 134 Å². The van der Waals surface area contributed by atoms with Gasteiger partial charge < -0.3 is 65.8 Å². The van der Waals surface area contributed by atoms with E-state index in [9.17, 15) is 25.2 Å². The fraction of sp³-hybridized carbons (Fsp3) is 0.540. The number of methoxy groups -OCH3 is 1. The van der Waals surface area contributed by atoms with Crippen molar-refractivity contribution < 1.29 is 48.9 Å². The zero-order chi connectivity index (χ0) is 54.4. The summed E-state index contributed by atoms with van der Waals surface area (Å²) in [6, 6.07) is 7.76. The van der Waals surface area contributed by atoms with Gasteiger partial charge in [0.2, 0.25) is 0 Å². The topological polar surface area (TPSA) is 206 Å². The lowest BCUT2D eigenvalue weighted by molar-refractivity contribution is -0.141. The number of aromatic hydroxyl groups is 2. The van der Waals surface area contributed by atoms with Gasteiger partial charge in [-0.3, -0.25) is 4.79 Å². The molecule has 418 valence electrons. The minimum absolute atomic E-state index is 0.00412. The summed E-state index contributed by atoms with van der Waals surface area (Å²) in [6.45, 7) is 2.22. The molecule has 3 aromatic carbocycles. The summed E-state index contributed by atoms with van der Waals surface area (Å²) >= 11 is 0. The van der Waals surface area contributed by atoms with Gasteiger partial charge in [-0.1, -0.05) is 76.1 Å². The minimum Gasteiger partial charge on any atom is -0.508 e. The molecule has 3 fully saturated rings. The van der Waals surface area contributed by atoms with Crippen LogP contribution in [-0.2, 0) is 32.6 Å². The molecular formula is C63H74N4O10S2. The number of nitrogens with one attached hydrogen (secondary N) is 3. The average Bonchev–Trinajstić information content (AvgIpc) is 4.21. The fourth-order valence-corrected chi connectivity index (χ4v) is 17.4. The number of dihydropyridines is 1. The molecule has 12 rings (SSSR count). The summed E-state index contributed by atoms with van der Waals surface area (Å²) in [5.74, 6) is 17.2.